The van der Waals surface area contributed by atoms with Gasteiger partial charge in [0.15, 0.2) is 0 Å². The van der Waals surface area contributed by atoms with Crippen molar-refractivity contribution in [3.8, 4) is 0 Å². The lowest BCUT2D eigenvalue weighted by Crippen LogP contribution is -2.53. The smallest absolute Gasteiger partial charge is 0.226 e. The number of hydrogen-bond donors (Lipinski definition) is 2. The average Bonchev–Trinajstić information content (AvgIpc) is 2.64. The van der Waals surface area contributed by atoms with Gasteiger partial charge in [-0.15, -0.1) is 0 Å². The molecular formula is C19H31IN2O3. The van der Waals surface area contributed by atoms with Crippen LogP contribution in [0.25, 0.3) is 0 Å². The third-order valence-electron chi connectivity index (χ3n) is 6.16. The number of hydrogen-bond acceptors (Lipinski definition) is 3. The van der Waals surface area contributed by atoms with Gasteiger partial charge in [0.1, 0.15) is 0 Å². The van der Waals surface area contributed by atoms with Crippen LogP contribution < -0.4 is 5.32 Å². The number of nitrogens with one attached hydrogen (secondary N) is 1. The van der Waals surface area contributed by atoms with Crippen LogP contribution in [0.1, 0.15) is 70.6 Å². The molecule has 1 aliphatic heterocycles. The molecule has 1 saturated heterocycles. The van der Waals surface area contributed by atoms with Gasteiger partial charge in [-0.1, -0.05) is 41.9 Å². The molecule has 2 aliphatic carbocycles. The number of carbonyl (C=O) groups is 2. The van der Waals surface area contributed by atoms with Crippen molar-refractivity contribution in [2.75, 3.05) is 6.54 Å². The Labute approximate surface area is 164 Å². The Bertz CT molecular complexity index is 473. The highest BCUT2D eigenvalue weighted by atomic mass is 127. The fraction of sp³-hybridized carbons (Fsp3) is 0.895. The Balaban J connectivity index is 1.56. The molecule has 3 rings (SSSR count). The van der Waals surface area contributed by atoms with Crippen LogP contribution in [0.15, 0.2) is 0 Å². The molecule has 6 heteroatoms. The summed E-state index contributed by atoms with van der Waals surface area (Å²) < 4.78 is -0.0324. The monoisotopic (exact) mass is 462 g/mol. The number of halogens is 1. The Hall–Kier alpha value is -0.370. The molecule has 1 heterocycles. The zero-order valence-electron chi connectivity index (χ0n) is 15.0. The molecule has 3 aliphatic rings. The van der Waals surface area contributed by atoms with Gasteiger partial charge < -0.3 is 15.3 Å². The molecule has 0 aromatic carbocycles. The van der Waals surface area contributed by atoms with E-state index in [1.165, 1.54) is 6.42 Å². The number of piperidine rings is 1. The second-order valence-corrected chi connectivity index (χ2v) is 9.28. The van der Waals surface area contributed by atoms with Crippen LogP contribution in [-0.4, -0.2) is 44.6 Å². The minimum Gasteiger partial charge on any atom is -0.393 e. The van der Waals surface area contributed by atoms with E-state index < -0.39 is 0 Å². The number of likely N-dealkylation sites (tertiary alicyclic amines) is 1. The first-order chi connectivity index (χ1) is 12.1. The van der Waals surface area contributed by atoms with E-state index in [4.69, 9.17) is 0 Å². The Morgan fingerprint density at radius 1 is 0.920 bits per heavy atom. The second-order valence-electron chi connectivity index (χ2n) is 8.00. The van der Waals surface area contributed by atoms with E-state index >= 15 is 0 Å². The molecule has 0 spiro atoms. The molecule has 3 fully saturated rings. The lowest BCUT2D eigenvalue weighted by molar-refractivity contribution is -0.141. The number of alkyl halides is 1. The van der Waals surface area contributed by atoms with Crippen molar-refractivity contribution in [3.05, 3.63) is 0 Å². The summed E-state index contributed by atoms with van der Waals surface area (Å²) in [5.74, 6) is 0.445. The van der Waals surface area contributed by atoms with Gasteiger partial charge >= 0.3 is 0 Å². The number of aliphatic hydroxyl groups excluding tert-OH is 1. The molecule has 2 saturated carbocycles. The SMILES string of the molecule is O=C(NC1CCC(O)CC1)[C@@H]1CCCN(C(=O)C2CCCCC2)C1I. The average molecular weight is 462 g/mol. The second kappa shape index (κ2) is 9.02. The van der Waals surface area contributed by atoms with Crippen LogP contribution in [0.3, 0.4) is 0 Å². The molecule has 2 amide bonds. The van der Waals surface area contributed by atoms with Crippen LogP contribution in [0, 0.1) is 11.8 Å². The van der Waals surface area contributed by atoms with Gasteiger partial charge in [-0.2, -0.15) is 0 Å². The van der Waals surface area contributed by atoms with E-state index in [0.717, 1.165) is 70.8 Å². The molecule has 5 nitrogen and oxygen atoms in total. The van der Waals surface area contributed by atoms with Crippen molar-refractivity contribution < 1.29 is 14.7 Å². The van der Waals surface area contributed by atoms with Crippen molar-refractivity contribution >= 4 is 34.4 Å². The Morgan fingerprint density at radius 3 is 2.28 bits per heavy atom. The fourth-order valence-electron chi connectivity index (χ4n) is 4.56. The Morgan fingerprint density at radius 2 is 1.60 bits per heavy atom. The minimum atomic E-state index is -0.205. The van der Waals surface area contributed by atoms with E-state index in [2.05, 4.69) is 27.9 Å². The molecular weight excluding hydrogens is 431 g/mol. The van der Waals surface area contributed by atoms with Crippen molar-refractivity contribution in [3.63, 3.8) is 0 Å². The quantitative estimate of drug-likeness (QED) is 0.385. The lowest BCUT2D eigenvalue weighted by Gasteiger charge is -2.40. The van der Waals surface area contributed by atoms with E-state index in [1.807, 2.05) is 4.90 Å². The molecule has 2 atom stereocenters. The van der Waals surface area contributed by atoms with E-state index in [1.54, 1.807) is 0 Å². The maximum Gasteiger partial charge on any atom is 0.226 e. The van der Waals surface area contributed by atoms with E-state index in [9.17, 15) is 14.7 Å². The first kappa shape index (κ1) is 19.4. The molecule has 0 aromatic heterocycles. The van der Waals surface area contributed by atoms with Crippen LogP contribution >= 0.6 is 22.6 Å². The predicted octanol–water partition coefficient (Wildman–Crippen LogP) is 2.99. The summed E-state index contributed by atoms with van der Waals surface area (Å²) in [4.78, 5) is 27.7. The van der Waals surface area contributed by atoms with Gasteiger partial charge in [-0.05, 0) is 51.4 Å². The van der Waals surface area contributed by atoms with Crippen molar-refractivity contribution in [1.82, 2.24) is 10.2 Å². The van der Waals surface area contributed by atoms with Crippen molar-refractivity contribution in [2.24, 2.45) is 11.8 Å². The summed E-state index contributed by atoms with van der Waals surface area (Å²) in [6, 6.07) is 0.184. The molecule has 142 valence electrons. The third kappa shape index (κ3) is 4.87. The minimum absolute atomic E-state index is 0.0324. The van der Waals surface area contributed by atoms with Crippen LogP contribution in [-0.2, 0) is 9.59 Å². The summed E-state index contributed by atoms with van der Waals surface area (Å²) in [7, 11) is 0. The van der Waals surface area contributed by atoms with E-state index in [0.29, 0.717) is 0 Å². The summed E-state index contributed by atoms with van der Waals surface area (Å²) in [6.45, 7) is 0.794. The number of rotatable bonds is 3. The summed E-state index contributed by atoms with van der Waals surface area (Å²) in [5.41, 5.74) is 0. The number of nitrogens with zero attached hydrogens (tertiary/aromatic N) is 1. The zero-order valence-corrected chi connectivity index (χ0v) is 17.1. The van der Waals surface area contributed by atoms with E-state index in [-0.39, 0.29) is 39.8 Å². The van der Waals surface area contributed by atoms with Gasteiger partial charge in [0.2, 0.25) is 11.8 Å². The Kier molecular flexibility index (Phi) is 7.00. The topological polar surface area (TPSA) is 69.6 Å². The molecule has 0 aromatic rings. The normalized spacial score (nSPS) is 34.6. The summed E-state index contributed by atoms with van der Waals surface area (Å²) in [5, 5.41) is 12.8. The van der Waals surface area contributed by atoms with Crippen LogP contribution in [0.2, 0.25) is 0 Å². The molecule has 1 unspecified atom stereocenters. The maximum atomic E-state index is 12.9. The lowest BCUT2D eigenvalue weighted by atomic mass is 9.87. The van der Waals surface area contributed by atoms with Crippen LogP contribution in [0.4, 0.5) is 0 Å². The third-order valence-corrected chi connectivity index (χ3v) is 7.70. The summed E-state index contributed by atoms with van der Waals surface area (Å²) >= 11 is 2.31. The largest absolute Gasteiger partial charge is 0.393 e. The fourth-order valence-corrected chi connectivity index (χ4v) is 5.80. The standard InChI is InChI=1S/C19H31IN2O3/c20-17-16(18(24)21-14-8-10-15(23)11-9-14)7-4-12-22(17)19(25)13-5-2-1-3-6-13/h13-17,23H,1-12H2,(H,21,24)/t14?,15?,16-,17?/m1/s1. The van der Waals surface area contributed by atoms with Gasteiger partial charge in [0.05, 0.1) is 16.1 Å². The summed E-state index contributed by atoms with van der Waals surface area (Å²) in [6.07, 6.45) is 10.4. The molecule has 0 radical (unpaired) electrons. The van der Waals surface area contributed by atoms with Crippen LogP contribution in [0.5, 0.6) is 0 Å². The van der Waals surface area contributed by atoms with Crippen molar-refractivity contribution in [1.29, 1.82) is 0 Å². The first-order valence-corrected chi connectivity index (χ1v) is 11.2. The molecule has 25 heavy (non-hydrogen) atoms. The van der Waals surface area contributed by atoms with Gasteiger partial charge in [0, 0.05) is 18.5 Å². The first-order valence-electron chi connectivity index (χ1n) is 9.99. The highest BCUT2D eigenvalue weighted by molar-refractivity contribution is 14.1. The molecule has 2 N–H and O–H groups in total. The predicted molar refractivity (Wildman–Crippen MR) is 105 cm³/mol. The number of carbonyl (C=O) groups excluding carboxylic acids is 2. The van der Waals surface area contributed by atoms with Crippen molar-refractivity contribution in [2.45, 2.75) is 86.8 Å². The highest BCUT2D eigenvalue weighted by Gasteiger charge is 2.39. The highest BCUT2D eigenvalue weighted by Crippen LogP contribution is 2.33. The van der Waals surface area contributed by atoms with Gasteiger partial charge in [-0.25, -0.2) is 0 Å². The number of aliphatic hydroxyl groups is 1. The van der Waals surface area contributed by atoms with Gasteiger partial charge in [-0.3, -0.25) is 9.59 Å². The molecule has 0 bridgehead atoms. The van der Waals surface area contributed by atoms with Gasteiger partial charge in [0.25, 0.3) is 0 Å². The zero-order chi connectivity index (χ0) is 17.8. The maximum absolute atomic E-state index is 12.9. The number of amides is 2.